The minimum Gasteiger partial charge on any atom is -0.438 e. The Labute approximate surface area is 142 Å². The maximum Gasteiger partial charge on any atom is 0.325 e. The van der Waals surface area contributed by atoms with Crippen LogP contribution in [-0.2, 0) is 11.3 Å². The van der Waals surface area contributed by atoms with Crippen LogP contribution < -0.4 is 10.6 Å². The predicted octanol–water partition coefficient (Wildman–Crippen LogP) is 3.95. The van der Waals surface area contributed by atoms with Crippen molar-refractivity contribution in [3.8, 4) is 0 Å². The lowest BCUT2D eigenvalue weighted by Crippen LogP contribution is -2.19. The maximum absolute atomic E-state index is 12.1. The van der Waals surface area contributed by atoms with Gasteiger partial charge in [-0.3, -0.25) is 5.32 Å². The monoisotopic (exact) mass is 344 g/mol. The van der Waals surface area contributed by atoms with E-state index < -0.39 is 0 Å². The van der Waals surface area contributed by atoms with E-state index in [9.17, 15) is 4.79 Å². The number of rotatable bonds is 5. The summed E-state index contributed by atoms with van der Waals surface area (Å²) in [5, 5.41) is 8.16. The van der Waals surface area contributed by atoms with Crippen LogP contribution in [0.4, 0.5) is 15.6 Å². The third-order valence-electron chi connectivity index (χ3n) is 3.70. The summed E-state index contributed by atoms with van der Waals surface area (Å²) in [5.41, 5.74) is 3.04. The van der Waals surface area contributed by atoms with Crippen LogP contribution in [-0.4, -0.2) is 23.1 Å². The van der Waals surface area contributed by atoms with Gasteiger partial charge in [0.25, 0.3) is 0 Å². The van der Waals surface area contributed by atoms with Crippen molar-refractivity contribution in [2.45, 2.75) is 25.4 Å². The zero-order valence-electron chi connectivity index (χ0n) is 13.0. The molecule has 0 saturated heterocycles. The van der Waals surface area contributed by atoms with Crippen molar-refractivity contribution >= 4 is 39.3 Å². The molecule has 0 spiro atoms. The van der Waals surface area contributed by atoms with Gasteiger partial charge in [-0.25, -0.2) is 14.8 Å². The van der Waals surface area contributed by atoms with E-state index in [2.05, 4.69) is 20.6 Å². The normalized spacial score (nSPS) is 14.0. The minimum atomic E-state index is -0.327. The molecule has 1 aromatic carbocycles. The first-order chi connectivity index (χ1) is 11.7. The number of fused-ring (bicyclic) bond motifs is 1. The fourth-order valence-corrected chi connectivity index (χ4v) is 3.20. The third-order valence-corrected chi connectivity index (χ3v) is 4.47. The number of benzene rings is 1. The number of oxazole rings is 1. The molecule has 124 valence electrons. The van der Waals surface area contributed by atoms with Gasteiger partial charge >= 0.3 is 6.03 Å². The lowest BCUT2D eigenvalue weighted by atomic mass is 10.3. The quantitative estimate of drug-likeness (QED) is 0.731. The molecule has 8 heteroatoms. The molecule has 1 fully saturated rings. The Bertz CT molecular complexity index is 884. The molecule has 2 aromatic heterocycles. The number of aromatic nitrogens is 2. The number of urea groups is 1. The molecule has 7 nitrogen and oxygen atoms in total. The number of ether oxygens (including phenoxy) is 1. The van der Waals surface area contributed by atoms with Crippen LogP contribution in [0.1, 0.15) is 30.3 Å². The van der Waals surface area contributed by atoms with Crippen molar-refractivity contribution in [3.05, 3.63) is 35.2 Å². The first-order valence-electron chi connectivity index (χ1n) is 7.63. The van der Waals surface area contributed by atoms with E-state index >= 15 is 0 Å². The highest BCUT2D eigenvalue weighted by Gasteiger charge is 2.26. The Morgan fingerprint density at radius 3 is 3.04 bits per heavy atom. The van der Waals surface area contributed by atoms with Gasteiger partial charge in [-0.15, -0.1) is 11.3 Å². The second kappa shape index (κ2) is 6.21. The molecule has 0 bridgehead atoms. The van der Waals surface area contributed by atoms with Gasteiger partial charge in [0.1, 0.15) is 12.1 Å². The van der Waals surface area contributed by atoms with Gasteiger partial charge in [-0.05, 0) is 31.0 Å². The van der Waals surface area contributed by atoms with E-state index in [-0.39, 0.29) is 6.03 Å². The molecule has 2 N–H and O–H groups in total. The second-order valence-electron chi connectivity index (χ2n) is 5.65. The number of hydrogen-bond acceptors (Lipinski definition) is 6. The van der Waals surface area contributed by atoms with Crippen molar-refractivity contribution in [2.75, 3.05) is 17.7 Å². The zero-order valence-corrected chi connectivity index (χ0v) is 13.9. The van der Waals surface area contributed by atoms with Gasteiger partial charge in [0, 0.05) is 24.1 Å². The average molecular weight is 344 g/mol. The van der Waals surface area contributed by atoms with Crippen LogP contribution in [0.3, 0.4) is 0 Å². The molecule has 4 rings (SSSR count). The second-order valence-corrected chi connectivity index (χ2v) is 6.51. The first kappa shape index (κ1) is 15.1. The molecule has 0 aliphatic heterocycles. The van der Waals surface area contributed by atoms with Gasteiger partial charge < -0.3 is 14.5 Å². The number of thiazole rings is 1. The van der Waals surface area contributed by atoms with Gasteiger partial charge in [0.15, 0.2) is 10.7 Å². The molecule has 1 aliphatic carbocycles. The SMILES string of the molecule is COCc1nc2cc(NC(=O)Nc3nc(C4CC4)cs3)ccc2o1. The zero-order chi connectivity index (χ0) is 16.5. The Kier molecular flexibility index (Phi) is 3.91. The fourth-order valence-electron chi connectivity index (χ4n) is 2.41. The average Bonchev–Trinajstić information content (AvgIpc) is 3.17. The van der Waals surface area contributed by atoms with Crippen LogP contribution in [0.15, 0.2) is 28.0 Å². The number of carbonyl (C=O) groups excluding carboxylic acids is 1. The molecular formula is C16H16N4O3S. The van der Waals surface area contributed by atoms with Crippen LogP contribution >= 0.6 is 11.3 Å². The topological polar surface area (TPSA) is 89.3 Å². The number of carbonyl (C=O) groups is 1. The van der Waals surface area contributed by atoms with Crippen LogP contribution in [0, 0.1) is 0 Å². The number of hydrogen-bond donors (Lipinski definition) is 2. The summed E-state index contributed by atoms with van der Waals surface area (Å²) in [4.78, 5) is 20.8. The molecule has 2 heterocycles. The van der Waals surface area contributed by atoms with Crippen LogP contribution in [0.2, 0.25) is 0 Å². The van der Waals surface area contributed by atoms with Crippen molar-refractivity contribution < 1.29 is 13.9 Å². The van der Waals surface area contributed by atoms with Crippen molar-refractivity contribution in [2.24, 2.45) is 0 Å². The van der Waals surface area contributed by atoms with E-state index in [1.165, 1.54) is 24.2 Å². The molecule has 0 unspecified atom stereocenters. The van der Waals surface area contributed by atoms with E-state index in [1.807, 2.05) is 5.38 Å². The standard InChI is InChI=1S/C16H16N4O3S/c1-22-7-14-18-11-6-10(4-5-13(11)23-14)17-15(21)20-16-19-12(8-24-16)9-2-3-9/h4-6,8-9H,2-3,7H2,1H3,(H2,17,19,20,21). The van der Waals surface area contributed by atoms with E-state index in [1.54, 1.807) is 25.3 Å². The largest absolute Gasteiger partial charge is 0.438 e. The Morgan fingerprint density at radius 2 is 2.25 bits per heavy atom. The number of amides is 2. The summed E-state index contributed by atoms with van der Waals surface area (Å²) in [5.74, 6) is 1.08. The van der Waals surface area contributed by atoms with E-state index in [0.29, 0.717) is 40.3 Å². The summed E-state index contributed by atoms with van der Waals surface area (Å²) in [6.45, 7) is 0.311. The Morgan fingerprint density at radius 1 is 1.38 bits per heavy atom. The molecule has 1 aliphatic rings. The Hall–Kier alpha value is -2.45. The summed E-state index contributed by atoms with van der Waals surface area (Å²) in [6, 6.07) is 4.97. The highest BCUT2D eigenvalue weighted by molar-refractivity contribution is 7.14. The molecular weight excluding hydrogens is 328 g/mol. The highest BCUT2D eigenvalue weighted by Crippen LogP contribution is 2.40. The Balaban J connectivity index is 1.43. The number of methoxy groups -OCH3 is 1. The summed E-state index contributed by atoms with van der Waals surface area (Å²) >= 11 is 1.44. The lowest BCUT2D eigenvalue weighted by molar-refractivity contribution is 0.161. The van der Waals surface area contributed by atoms with Crippen LogP contribution in [0.25, 0.3) is 11.1 Å². The summed E-state index contributed by atoms with van der Waals surface area (Å²) in [7, 11) is 1.58. The molecule has 0 radical (unpaired) electrons. The van der Waals surface area contributed by atoms with E-state index in [0.717, 1.165) is 5.69 Å². The number of anilines is 2. The summed E-state index contributed by atoms with van der Waals surface area (Å²) in [6.07, 6.45) is 2.39. The number of nitrogens with zero attached hydrogens (tertiary/aromatic N) is 2. The maximum atomic E-state index is 12.1. The van der Waals surface area contributed by atoms with Gasteiger partial charge in [-0.2, -0.15) is 0 Å². The fraction of sp³-hybridized carbons (Fsp3) is 0.312. The summed E-state index contributed by atoms with van der Waals surface area (Å²) < 4.78 is 10.5. The van der Waals surface area contributed by atoms with Gasteiger partial charge in [0.05, 0.1) is 5.69 Å². The highest BCUT2D eigenvalue weighted by atomic mass is 32.1. The van der Waals surface area contributed by atoms with Gasteiger partial charge in [0.2, 0.25) is 5.89 Å². The van der Waals surface area contributed by atoms with Crippen molar-refractivity contribution in [1.29, 1.82) is 0 Å². The molecule has 1 saturated carbocycles. The molecule has 2 amide bonds. The smallest absolute Gasteiger partial charge is 0.325 e. The lowest BCUT2D eigenvalue weighted by Gasteiger charge is -2.04. The van der Waals surface area contributed by atoms with Crippen molar-refractivity contribution in [1.82, 2.24) is 9.97 Å². The van der Waals surface area contributed by atoms with Crippen molar-refractivity contribution in [3.63, 3.8) is 0 Å². The molecule has 0 atom stereocenters. The minimum absolute atomic E-state index is 0.311. The van der Waals surface area contributed by atoms with Gasteiger partial charge in [-0.1, -0.05) is 0 Å². The third kappa shape index (κ3) is 3.24. The van der Waals surface area contributed by atoms with E-state index in [4.69, 9.17) is 9.15 Å². The first-order valence-corrected chi connectivity index (χ1v) is 8.51. The number of nitrogens with one attached hydrogen (secondary N) is 2. The molecule has 3 aromatic rings. The molecule has 24 heavy (non-hydrogen) atoms. The van der Waals surface area contributed by atoms with Crippen LogP contribution in [0.5, 0.6) is 0 Å². The predicted molar refractivity (Wildman–Crippen MR) is 91.5 cm³/mol.